The number of anilines is 3. The van der Waals surface area contributed by atoms with Gasteiger partial charge in [0.05, 0.1) is 24.7 Å². The molecule has 1 heterocycles. The van der Waals surface area contributed by atoms with Crippen molar-refractivity contribution in [3.63, 3.8) is 0 Å². The predicted octanol–water partition coefficient (Wildman–Crippen LogP) is 2.00. The lowest BCUT2D eigenvalue weighted by Crippen LogP contribution is -2.27. The van der Waals surface area contributed by atoms with E-state index in [9.17, 15) is 23.1 Å². The minimum Gasteiger partial charge on any atom is -0.394 e. The Morgan fingerprint density at radius 1 is 1.09 bits per heavy atom. The van der Waals surface area contributed by atoms with Crippen molar-refractivity contribution in [1.82, 2.24) is 15.0 Å². The maximum Gasteiger partial charge on any atom is 0.242 e. The summed E-state index contributed by atoms with van der Waals surface area (Å²) in [5, 5.41) is 15.4. The summed E-state index contributed by atoms with van der Waals surface area (Å²) < 4.78 is 25.5. The van der Waals surface area contributed by atoms with Crippen LogP contribution in [0.1, 0.15) is 37.6 Å². The largest absolute Gasteiger partial charge is 0.394 e. The molecule has 11 nitrogen and oxygen atoms in total. The van der Waals surface area contributed by atoms with E-state index in [-0.39, 0.29) is 47.1 Å². The van der Waals surface area contributed by atoms with Gasteiger partial charge in [0.15, 0.2) is 10.9 Å². The number of carbonyl (C=O) groups is 2. The SMILES string of the molecule is CC(=O)Nc1ccc(C(=O)CSc2nc(N[C@@H](CO)CC(C)C)nc(NS(C)(=O)=O)n2)cc1. The molecule has 4 N–H and O–H groups in total. The molecule has 33 heavy (non-hydrogen) atoms. The van der Waals surface area contributed by atoms with E-state index in [1.807, 2.05) is 13.8 Å². The minimum absolute atomic E-state index is 0.00330. The zero-order chi connectivity index (χ0) is 24.6. The first kappa shape index (κ1) is 26.5. The van der Waals surface area contributed by atoms with Gasteiger partial charge in [0.25, 0.3) is 0 Å². The number of thioether (sulfide) groups is 1. The molecule has 180 valence electrons. The van der Waals surface area contributed by atoms with Crippen molar-refractivity contribution < 1.29 is 23.1 Å². The van der Waals surface area contributed by atoms with Crippen molar-refractivity contribution in [3.8, 4) is 0 Å². The summed E-state index contributed by atoms with van der Waals surface area (Å²) in [5.41, 5.74) is 1.02. The lowest BCUT2D eigenvalue weighted by Gasteiger charge is -2.18. The summed E-state index contributed by atoms with van der Waals surface area (Å²) in [6.45, 7) is 5.24. The van der Waals surface area contributed by atoms with Gasteiger partial charge < -0.3 is 15.7 Å². The second kappa shape index (κ2) is 11.9. The topological polar surface area (TPSA) is 163 Å². The Labute approximate surface area is 197 Å². The van der Waals surface area contributed by atoms with E-state index < -0.39 is 10.0 Å². The third-order valence-corrected chi connectivity index (χ3v) is 5.46. The highest BCUT2D eigenvalue weighted by atomic mass is 32.2. The molecule has 0 aliphatic rings. The number of carbonyl (C=O) groups excluding carboxylic acids is 2. The van der Waals surface area contributed by atoms with E-state index in [0.29, 0.717) is 23.6 Å². The molecule has 1 amide bonds. The van der Waals surface area contributed by atoms with Gasteiger partial charge in [0.2, 0.25) is 27.8 Å². The van der Waals surface area contributed by atoms with Crippen molar-refractivity contribution in [2.45, 2.75) is 38.4 Å². The molecule has 1 atom stereocenters. The molecular weight excluding hydrogens is 468 g/mol. The number of nitrogens with zero attached hydrogens (tertiary/aromatic N) is 3. The van der Waals surface area contributed by atoms with Crippen LogP contribution < -0.4 is 15.4 Å². The minimum atomic E-state index is -3.64. The number of nitrogens with one attached hydrogen (secondary N) is 3. The predicted molar refractivity (Wildman–Crippen MR) is 128 cm³/mol. The number of sulfonamides is 1. The molecule has 2 aromatic rings. The molecule has 0 saturated carbocycles. The molecular formula is C20H28N6O5S2. The Kier molecular flexibility index (Phi) is 9.56. The number of benzene rings is 1. The van der Waals surface area contributed by atoms with E-state index in [4.69, 9.17) is 0 Å². The second-order valence-electron chi connectivity index (χ2n) is 7.76. The number of ketones is 1. The number of aromatic nitrogens is 3. The molecule has 1 aromatic carbocycles. The summed E-state index contributed by atoms with van der Waals surface area (Å²) in [7, 11) is -3.64. The fourth-order valence-electron chi connectivity index (χ4n) is 2.78. The number of Topliss-reactive ketones (excluding diaryl/α,β-unsaturated/α-hetero) is 1. The number of hydrogen-bond donors (Lipinski definition) is 4. The van der Waals surface area contributed by atoms with Crippen LogP contribution in [0.2, 0.25) is 0 Å². The first-order chi connectivity index (χ1) is 15.4. The molecule has 2 rings (SSSR count). The highest BCUT2D eigenvalue weighted by Crippen LogP contribution is 2.20. The van der Waals surface area contributed by atoms with E-state index in [1.54, 1.807) is 24.3 Å². The van der Waals surface area contributed by atoms with Gasteiger partial charge >= 0.3 is 0 Å². The van der Waals surface area contributed by atoms with Crippen LogP contribution in [0.15, 0.2) is 29.4 Å². The van der Waals surface area contributed by atoms with Crippen LogP contribution in [0.5, 0.6) is 0 Å². The fourth-order valence-corrected chi connectivity index (χ4v) is 3.94. The third-order valence-electron chi connectivity index (χ3n) is 4.06. The van der Waals surface area contributed by atoms with Crippen LogP contribution in [0.4, 0.5) is 17.6 Å². The van der Waals surface area contributed by atoms with Gasteiger partial charge in [0, 0.05) is 18.2 Å². The van der Waals surface area contributed by atoms with Crippen LogP contribution in [0.3, 0.4) is 0 Å². The van der Waals surface area contributed by atoms with Gasteiger partial charge in [-0.2, -0.15) is 15.0 Å². The van der Waals surface area contributed by atoms with Gasteiger partial charge in [0.1, 0.15) is 0 Å². The number of aliphatic hydroxyl groups is 1. The summed E-state index contributed by atoms with van der Waals surface area (Å²) >= 11 is 1.02. The normalized spacial score (nSPS) is 12.3. The fraction of sp³-hybridized carbons (Fsp3) is 0.450. The van der Waals surface area contributed by atoms with E-state index in [2.05, 4.69) is 30.3 Å². The Morgan fingerprint density at radius 2 is 1.73 bits per heavy atom. The van der Waals surface area contributed by atoms with Gasteiger partial charge in [-0.15, -0.1) is 0 Å². The van der Waals surface area contributed by atoms with Crippen LogP contribution >= 0.6 is 11.8 Å². The first-order valence-electron chi connectivity index (χ1n) is 10.1. The van der Waals surface area contributed by atoms with E-state index in [0.717, 1.165) is 18.0 Å². The zero-order valence-electron chi connectivity index (χ0n) is 18.8. The number of rotatable bonds is 12. The molecule has 0 saturated heterocycles. The standard InChI is InChI=1S/C20H28N6O5S2/c1-12(2)9-16(10-27)22-18-23-19(26-33(4,30)31)25-20(24-18)32-11-17(29)14-5-7-15(8-6-14)21-13(3)28/h5-8,12,16,27H,9-11H2,1-4H3,(H,21,28)(H2,22,23,24,25,26)/t16-/m1/s1. The average molecular weight is 497 g/mol. The summed E-state index contributed by atoms with van der Waals surface area (Å²) in [5.74, 6) is -0.212. The highest BCUT2D eigenvalue weighted by Gasteiger charge is 2.16. The first-order valence-corrected chi connectivity index (χ1v) is 13.0. The van der Waals surface area contributed by atoms with Gasteiger partial charge in [-0.05, 0) is 36.6 Å². The van der Waals surface area contributed by atoms with Gasteiger partial charge in [-0.3, -0.25) is 14.3 Å². The molecule has 1 aromatic heterocycles. The van der Waals surface area contributed by atoms with Gasteiger partial charge in [-0.25, -0.2) is 8.42 Å². The maximum absolute atomic E-state index is 12.6. The Hall–Kier alpha value is -2.77. The van der Waals surface area contributed by atoms with E-state index in [1.165, 1.54) is 6.92 Å². The number of hydrogen-bond acceptors (Lipinski definition) is 10. The van der Waals surface area contributed by atoms with Gasteiger partial charge in [-0.1, -0.05) is 25.6 Å². The van der Waals surface area contributed by atoms with Crippen molar-refractivity contribution in [2.24, 2.45) is 5.92 Å². The summed E-state index contributed by atoms with van der Waals surface area (Å²) in [6.07, 6.45) is 1.62. The molecule has 0 fully saturated rings. The lowest BCUT2D eigenvalue weighted by molar-refractivity contribution is -0.114. The summed E-state index contributed by atoms with van der Waals surface area (Å²) in [4.78, 5) is 36.1. The maximum atomic E-state index is 12.6. The van der Waals surface area contributed by atoms with Crippen LogP contribution in [0, 0.1) is 5.92 Å². The molecule has 0 bridgehead atoms. The Morgan fingerprint density at radius 3 is 2.27 bits per heavy atom. The zero-order valence-corrected chi connectivity index (χ0v) is 20.5. The summed E-state index contributed by atoms with van der Waals surface area (Å²) in [6, 6.07) is 6.12. The Balaban J connectivity index is 2.17. The molecule has 13 heteroatoms. The average Bonchev–Trinajstić information content (AvgIpc) is 2.70. The highest BCUT2D eigenvalue weighted by molar-refractivity contribution is 7.99. The Bertz CT molecular complexity index is 1080. The van der Waals surface area contributed by atoms with Crippen molar-refractivity contribution >= 4 is 51.1 Å². The van der Waals surface area contributed by atoms with Crippen molar-refractivity contribution in [2.75, 3.05) is 34.0 Å². The second-order valence-corrected chi connectivity index (χ2v) is 10.5. The third kappa shape index (κ3) is 9.72. The molecule has 0 unspecified atom stereocenters. The van der Waals surface area contributed by atoms with Crippen LogP contribution in [-0.4, -0.2) is 64.8 Å². The van der Waals surface area contributed by atoms with Crippen LogP contribution in [-0.2, 0) is 14.8 Å². The quantitative estimate of drug-likeness (QED) is 0.252. The smallest absolute Gasteiger partial charge is 0.242 e. The number of aliphatic hydroxyl groups excluding tert-OH is 1. The molecule has 0 aliphatic carbocycles. The van der Waals surface area contributed by atoms with Crippen LogP contribution in [0.25, 0.3) is 0 Å². The van der Waals surface area contributed by atoms with Crippen molar-refractivity contribution in [3.05, 3.63) is 29.8 Å². The monoisotopic (exact) mass is 496 g/mol. The molecule has 0 radical (unpaired) electrons. The number of amides is 1. The van der Waals surface area contributed by atoms with Crippen molar-refractivity contribution in [1.29, 1.82) is 0 Å². The lowest BCUT2D eigenvalue weighted by atomic mass is 10.0. The molecule has 0 spiro atoms. The molecule has 0 aliphatic heterocycles. The van der Waals surface area contributed by atoms with E-state index >= 15 is 0 Å².